The predicted molar refractivity (Wildman–Crippen MR) is 86.0 cm³/mol. The number of carbonyl (C=O) groups excluding carboxylic acids is 1. The van der Waals surface area contributed by atoms with E-state index < -0.39 is 11.2 Å². The van der Waals surface area contributed by atoms with E-state index >= 15 is 0 Å². The summed E-state index contributed by atoms with van der Waals surface area (Å²) < 4.78 is 13.6. The Kier molecular flexibility index (Phi) is 3.91. The number of aryl methyl sites for hydroxylation is 1. The molecule has 2 aliphatic heterocycles. The van der Waals surface area contributed by atoms with Crippen LogP contribution in [0.1, 0.15) is 52.3 Å². The molecule has 128 valence electrons. The maximum absolute atomic E-state index is 12.6. The zero-order chi connectivity index (χ0) is 16.8. The normalized spacial score (nSPS) is 30.6. The fraction of sp³-hybridized carbons (Fsp3) is 0.765. The number of nitrogens with zero attached hydrogens (tertiary/aromatic N) is 3. The van der Waals surface area contributed by atoms with Crippen molar-refractivity contribution in [2.75, 3.05) is 7.11 Å². The zero-order valence-electron chi connectivity index (χ0n) is 14.7. The Bertz CT molecular complexity index is 576. The van der Waals surface area contributed by atoms with Crippen molar-refractivity contribution >= 4 is 6.09 Å². The van der Waals surface area contributed by atoms with E-state index in [0.717, 1.165) is 31.5 Å². The molecule has 0 N–H and O–H groups in total. The van der Waals surface area contributed by atoms with Gasteiger partial charge in [0.15, 0.2) is 0 Å². The van der Waals surface area contributed by atoms with E-state index in [1.165, 1.54) is 0 Å². The number of amides is 1. The van der Waals surface area contributed by atoms with Crippen molar-refractivity contribution in [3.8, 4) is 0 Å². The van der Waals surface area contributed by atoms with Crippen LogP contribution in [0.15, 0.2) is 12.4 Å². The number of hydrogen-bond acceptors (Lipinski definition) is 4. The van der Waals surface area contributed by atoms with Crippen LogP contribution in [0.2, 0.25) is 0 Å². The minimum atomic E-state index is -0.466. The van der Waals surface area contributed by atoms with E-state index in [-0.39, 0.29) is 18.2 Å². The molecule has 6 nitrogen and oxygen atoms in total. The van der Waals surface area contributed by atoms with Gasteiger partial charge >= 0.3 is 6.09 Å². The van der Waals surface area contributed by atoms with E-state index in [4.69, 9.17) is 9.47 Å². The molecule has 2 unspecified atom stereocenters. The van der Waals surface area contributed by atoms with Gasteiger partial charge in [0.25, 0.3) is 0 Å². The summed E-state index contributed by atoms with van der Waals surface area (Å²) in [6.07, 6.45) is 7.08. The highest BCUT2D eigenvalue weighted by atomic mass is 16.6. The van der Waals surface area contributed by atoms with Crippen molar-refractivity contribution < 1.29 is 14.3 Å². The molecule has 2 fully saturated rings. The molecule has 23 heavy (non-hydrogen) atoms. The van der Waals surface area contributed by atoms with Crippen LogP contribution < -0.4 is 0 Å². The fourth-order valence-electron chi connectivity index (χ4n) is 4.06. The second-order valence-electron chi connectivity index (χ2n) is 7.74. The minimum absolute atomic E-state index is 0.153. The van der Waals surface area contributed by atoms with Gasteiger partial charge in [0, 0.05) is 51.5 Å². The van der Waals surface area contributed by atoms with Crippen molar-refractivity contribution in [1.82, 2.24) is 14.5 Å². The van der Waals surface area contributed by atoms with Crippen LogP contribution in [-0.4, -0.2) is 45.3 Å². The molecule has 1 amide bonds. The van der Waals surface area contributed by atoms with Crippen LogP contribution in [0.3, 0.4) is 0 Å². The first-order chi connectivity index (χ1) is 10.8. The van der Waals surface area contributed by atoms with Gasteiger partial charge in [-0.05, 0) is 33.6 Å². The lowest BCUT2D eigenvalue weighted by Crippen LogP contribution is -2.54. The van der Waals surface area contributed by atoms with E-state index in [1.807, 2.05) is 43.5 Å². The molecule has 2 atom stereocenters. The van der Waals surface area contributed by atoms with E-state index in [9.17, 15) is 4.79 Å². The van der Waals surface area contributed by atoms with Crippen LogP contribution in [0.4, 0.5) is 4.79 Å². The van der Waals surface area contributed by atoms with Gasteiger partial charge in [0.2, 0.25) is 0 Å². The number of carbonyl (C=O) groups is 1. The third-order valence-electron chi connectivity index (χ3n) is 4.97. The van der Waals surface area contributed by atoms with Gasteiger partial charge in [-0.25, -0.2) is 9.78 Å². The third kappa shape index (κ3) is 2.84. The van der Waals surface area contributed by atoms with Crippen molar-refractivity contribution in [3.63, 3.8) is 0 Å². The van der Waals surface area contributed by atoms with Gasteiger partial charge in [-0.15, -0.1) is 0 Å². The third-order valence-corrected chi connectivity index (χ3v) is 4.97. The molecule has 3 rings (SSSR count). The highest BCUT2D eigenvalue weighted by Gasteiger charge is 2.53. The predicted octanol–water partition coefficient (Wildman–Crippen LogP) is 2.82. The number of imidazole rings is 1. The van der Waals surface area contributed by atoms with Gasteiger partial charge in [-0.1, -0.05) is 0 Å². The number of fused-ring (bicyclic) bond motifs is 2. The Hall–Kier alpha value is -1.56. The second-order valence-corrected chi connectivity index (χ2v) is 7.74. The molecule has 0 aliphatic carbocycles. The van der Waals surface area contributed by atoms with Gasteiger partial charge in [0.1, 0.15) is 17.0 Å². The molecule has 1 aromatic rings. The molecule has 6 heteroatoms. The van der Waals surface area contributed by atoms with Crippen molar-refractivity contribution in [1.29, 1.82) is 0 Å². The molecule has 3 heterocycles. The van der Waals surface area contributed by atoms with Gasteiger partial charge in [-0.2, -0.15) is 0 Å². The molecule has 2 bridgehead atoms. The maximum atomic E-state index is 12.6. The lowest BCUT2D eigenvalue weighted by Gasteiger charge is -2.45. The van der Waals surface area contributed by atoms with Crippen LogP contribution in [0.25, 0.3) is 0 Å². The Morgan fingerprint density at radius 1 is 1.30 bits per heavy atom. The minimum Gasteiger partial charge on any atom is -0.444 e. The molecule has 0 radical (unpaired) electrons. The Morgan fingerprint density at radius 3 is 2.35 bits per heavy atom. The number of ether oxygens (including phenoxy) is 2. The Morgan fingerprint density at radius 2 is 1.91 bits per heavy atom. The number of methoxy groups -OCH3 is 1. The van der Waals surface area contributed by atoms with Crippen molar-refractivity contribution in [2.24, 2.45) is 7.05 Å². The highest BCUT2D eigenvalue weighted by molar-refractivity contribution is 5.69. The summed E-state index contributed by atoms with van der Waals surface area (Å²) in [6, 6.07) is 0.306. The fourth-order valence-corrected chi connectivity index (χ4v) is 4.06. The second kappa shape index (κ2) is 5.51. The van der Waals surface area contributed by atoms with Crippen LogP contribution in [0, 0.1) is 0 Å². The van der Waals surface area contributed by atoms with E-state index in [1.54, 1.807) is 13.3 Å². The first-order valence-corrected chi connectivity index (χ1v) is 8.30. The largest absolute Gasteiger partial charge is 0.444 e. The molecular weight excluding hydrogens is 294 g/mol. The summed E-state index contributed by atoms with van der Waals surface area (Å²) in [4.78, 5) is 19.0. The molecule has 0 aromatic carbocycles. The molecule has 2 saturated heterocycles. The molecule has 0 spiro atoms. The van der Waals surface area contributed by atoms with E-state index in [2.05, 4.69) is 4.98 Å². The smallest absolute Gasteiger partial charge is 0.410 e. The topological polar surface area (TPSA) is 56.6 Å². The van der Waals surface area contributed by atoms with Crippen molar-refractivity contribution in [3.05, 3.63) is 18.2 Å². The molecule has 0 saturated carbocycles. The number of aromatic nitrogens is 2. The lowest BCUT2D eigenvalue weighted by molar-refractivity contribution is -0.0939. The van der Waals surface area contributed by atoms with Gasteiger partial charge in [0.05, 0.1) is 0 Å². The average Bonchev–Trinajstić information content (AvgIpc) is 2.99. The quantitative estimate of drug-likeness (QED) is 0.840. The van der Waals surface area contributed by atoms with Crippen molar-refractivity contribution in [2.45, 2.75) is 69.7 Å². The first-order valence-electron chi connectivity index (χ1n) is 8.30. The lowest BCUT2D eigenvalue weighted by atomic mass is 9.85. The SMILES string of the molecule is COC1(c2nccn2C)CC2CCC(C1)N2C(=O)OC(C)(C)C. The van der Waals surface area contributed by atoms with Crippen LogP contribution >= 0.6 is 0 Å². The van der Waals surface area contributed by atoms with E-state index in [0.29, 0.717) is 0 Å². The molecule has 2 aliphatic rings. The summed E-state index contributed by atoms with van der Waals surface area (Å²) in [5, 5.41) is 0. The number of rotatable bonds is 2. The van der Waals surface area contributed by atoms with Gasteiger partial charge < -0.3 is 18.9 Å². The monoisotopic (exact) mass is 321 g/mol. The summed E-state index contributed by atoms with van der Waals surface area (Å²) in [5.74, 6) is 0.945. The van der Waals surface area contributed by atoms with Crippen LogP contribution in [-0.2, 0) is 22.1 Å². The summed E-state index contributed by atoms with van der Waals surface area (Å²) in [7, 11) is 3.74. The summed E-state index contributed by atoms with van der Waals surface area (Å²) in [6.45, 7) is 5.72. The summed E-state index contributed by atoms with van der Waals surface area (Å²) in [5.41, 5.74) is -0.880. The number of piperidine rings is 1. The first kappa shape index (κ1) is 16.3. The maximum Gasteiger partial charge on any atom is 0.410 e. The molecular formula is C17H27N3O3. The Labute approximate surface area is 137 Å². The average molecular weight is 321 g/mol. The number of hydrogen-bond donors (Lipinski definition) is 0. The van der Waals surface area contributed by atoms with Crippen LogP contribution in [0.5, 0.6) is 0 Å². The van der Waals surface area contributed by atoms with Gasteiger partial charge in [-0.3, -0.25) is 0 Å². The highest BCUT2D eigenvalue weighted by Crippen LogP contribution is 2.47. The zero-order valence-corrected chi connectivity index (χ0v) is 14.7. The standard InChI is InChI=1S/C17H27N3O3/c1-16(2,3)23-15(21)20-12-6-7-13(20)11-17(10-12,22-5)14-18-8-9-19(14)4/h8-9,12-13H,6-7,10-11H2,1-5H3. The molecule has 1 aromatic heterocycles. The summed E-state index contributed by atoms with van der Waals surface area (Å²) >= 11 is 0. The Balaban J connectivity index is 1.84.